The van der Waals surface area contributed by atoms with Gasteiger partial charge in [-0.25, -0.2) is 4.98 Å². The summed E-state index contributed by atoms with van der Waals surface area (Å²) in [6.07, 6.45) is 0. The molecule has 0 fully saturated rings. The van der Waals surface area contributed by atoms with E-state index in [2.05, 4.69) is 10.3 Å². The van der Waals surface area contributed by atoms with Gasteiger partial charge in [-0.3, -0.25) is 4.79 Å². The molecule has 0 aliphatic rings. The van der Waals surface area contributed by atoms with Crippen LogP contribution in [0.3, 0.4) is 0 Å². The molecule has 0 unspecified atom stereocenters. The standard InChI is InChI=1S/C23H24N2O5/c1-14(26)24-23-11-16(15-6-18(27-2)12-19(7-15)28-3)10-22(25-23)17-8-20(29-4)13-21(9-17)30-5/h6-13H,1-5H3,(H,24,25,26). The summed E-state index contributed by atoms with van der Waals surface area (Å²) in [5, 5.41) is 2.76. The lowest BCUT2D eigenvalue weighted by molar-refractivity contribution is -0.114. The van der Waals surface area contributed by atoms with Crippen molar-refractivity contribution in [2.75, 3.05) is 33.8 Å². The van der Waals surface area contributed by atoms with Gasteiger partial charge in [0, 0.05) is 24.6 Å². The van der Waals surface area contributed by atoms with Crippen molar-refractivity contribution in [3.8, 4) is 45.4 Å². The van der Waals surface area contributed by atoms with Gasteiger partial charge in [0.15, 0.2) is 0 Å². The Morgan fingerprint density at radius 2 is 1.10 bits per heavy atom. The molecule has 3 aromatic rings. The summed E-state index contributed by atoms with van der Waals surface area (Å²) in [5.74, 6) is 2.82. The first-order valence-corrected chi connectivity index (χ1v) is 9.22. The van der Waals surface area contributed by atoms with Crippen LogP contribution in [-0.4, -0.2) is 39.3 Å². The number of amides is 1. The summed E-state index contributed by atoms with van der Waals surface area (Å²) < 4.78 is 21.5. The molecule has 7 heteroatoms. The molecule has 0 spiro atoms. The number of pyridine rings is 1. The highest BCUT2D eigenvalue weighted by molar-refractivity contribution is 5.89. The zero-order valence-corrected chi connectivity index (χ0v) is 17.6. The van der Waals surface area contributed by atoms with Crippen molar-refractivity contribution in [1.82, 2.24) is 4.98 Å². The molecule has 156 valence electrons. The molecule has 0 aliphatic carbocycles. The summed E-state index contributed by atoms with van der Waals surface area (Å²) in [6.45, 7) is 1.44. The van der Waals surface area contributed by atoms with Crippen molar-refractivity contribution in [3.63, 3.8) is 0 Å². The maximum Gasteiger partial charge on any atom is 0.222 e. The first kappa shape index (κ1) is 21.0. The molecule has 1 amide bonds. The minimum absolute atomic E-state index is 0.211. The largest absolute Gasteiger partial charge is 0.497 e. The molecule has 0 radical (unpaired) electrons. The summed E-state index contributed by atoms with van der Waals surface area (Å²) in [4.78, 5) is 16.3. The minimum atomic E-state index is -0.211. The summed E-state index contributed by atoms with van der Waals surface area (Å²) in [7, 11) is 6.38. The van der Waals surface area contributed by atoms with E-state index in [1.165, 1.54) is 6.92 Å². The molecule has 0 saturated heterocycles. The molecule has 1 heterocycles. The average molecular weight is 408 g/mol. The summed E-state index contributed by atoms with van der Waals surface area (Å²) >= 11 is 0. The number of anilines is 1. The normalized spacial score (nSPS) is 10.3. The van der Waals surface area contributed by atoms with E-state index < -0.39 is 0 Å². The molecule has 2 aromatic carbocycles. The van der Waals surface area contributed by atoms with Gasteiger partial charge >= 0.3 is 0 Å². The molecular weight excluding hydrogens is 384 g/mol. The highest BCUT2D eigenvalue weighted by atomic mass is 16.5. The monoisotopic (exact) mass is 408 g/mol. The topological polar surface area (TPSA) is 78.9 Å². The van der Waals surface area contributed by atoms with Gasteiger partial charge in [-0.15, -0.1) is 0 Å². The van der Waals surface area contributed by atoms with Crippen LogP contribution in [0, 0.1) is 0 Å². The average Bonchev–Trinajstić information content (AvgIpc) is 2.77. The fourth-order valence-electron chi connectivity index (χ4n) is 3.02. The van der Waals surface area contributed by atoms with Crippen LogP contribution in [-0.2, 0) is 4.79 Å². The molecule has 1 aromatic heterocycles. The van der Waals surface area contributed by atoms with Gasteiger partial charge in [0.2, 0.25) is 5.91 Å². The van der Waals surface area contributed by atoms with Crippen LogP contribution in [0.4, 0.5) is 5.82 Å². The van der Waals surface area contributed by atoms with Crippen molar-refractivity contribution in [2.45, 2.75) is 6.92 Å². The van der Waals surface area contributed by atoms with Crippen LogP contribution >= 0.6 is 0 Å². The number of carbonyl (C=O) groups excluding carboxylic acids is 1. The predicted molar refractivity (Wildman–Crippen MR) is 116 cm³/mol. The zero-order chi connectivity index (χ0) is 21.7. The highest BCUT2D eigenvalue weighted by Gasteiger charge is 2.12. The Morgan fingerprint density at radius 3 is 1.53 bits per heavy atom. The third-order valence-corrected chi connectivity index (χ3v) is 4.46. The lowest BCUT2D eigenvalue weighted by atomic mass is 10.0. The Hall–Kier alpha value is -3.74. The van der Waals surface area contributed by atoms with Gasteiger partial charge in [-0.1, -0.05) is 0 Å². The Morgan fingerprint density at radius 1 is 0.667 bits per heavy atom. The van der Waals surface area contributed by atoms with E-state index in [9.17, 15) is 4.79 Å². The third-order valence-electron chi connectivity index (χ3n) is 4.46. The third kappa shape index (κ3) is 4.81. The minimum Gasteiger partial charge on any atom is -0.497 e. The van der Waals surface area contributed by atoms with Gasteiger partial charge in [0.05, 0.1) is 34.1 Å². The van der Waals surface area contributed by atoms with Crippen molar-refractivity contribution in [1.29, 1.82) is 0 Å². The van der Waals surface area contributed by atoms with Crippen LogP contribution in [0.15, 0.2) is 48.5 Å². The lowest BCUT2D eigenvalue weighted by Gasteiger charge is -2.13. The SMILES string of the molecule is COc1cc(OC)cc(-c2cc(NC(C)=O)nc(-c3cc(OC)cc(OC)c3)c2)c1. The second-order valence-corrected chi connectivity index (χ2v) is 6.51. The van der Waals surface area contributed by atoms with Gasteiger partial charge < -0.3 is 24.3 Å². The van der Waals surface area contributed by atoms with Crippen molar-refractivity contribution < 1.29 is 23.7 Å². The van der Waals surface area contributed by atoms with Gasteiger partial charge in [-0.05, 0) is 47.5 Å². The van der Waals surface area contributed by atoms with Crippen molar-refractivity contribution in [2.24, 2.45) is 0 Å². The number of nitrogens with one attached hydrogen (secondary N) is 1. The molecule has 3 rings (SSSR count). The molecule has 0 bridgehead atoms. The zero-order valence-electron chi connectivity index (χ0n) is 17.6. The van der Waals surface area contributed by atoms with Crippen molar-refractivity contribution >= 4 is 11.7 Å². The van der Waals surface area contributed by atoms with Crippen LogP contribution in [0.2, 0.25) is 0 Å². The second kappa shape index (κ2) is 9.17. The second-order valence-electron chi connectivity index (χ2n) is 6.51. The van der Waals surface area contributed by atoms with Crippen LogP contribution in [0.1, 0.15) is 6.92 Å². The number of hydrogen-bond donors (Lipinski definition) is 1. The van der Waals surface area contributed by atoms with E-state index in [0.29, 0.717) is 34.5 Å². The van der Waals surface area contributed by atoms with E-state index in [-0.39, 0.29) is 5.91 Å². The first-order chi connectivity index (χ1) is 14.4. The highest BCUT2D eigenvalue weighted by Crippen LogP contribution is 2.35. The number of nitrogens with zero attached hydrogens (tertiary/aromatic N) is 1. The number of hydrogen-bond acceptors (Lipinski definition) is 6. The maximum atomic E-state index is 11.7. The number of benzene rings is 2. The van der Waals surface area contributed by atoms with Gasteiger partial charge in [0.1, 0.15) is 28.8 Å². The lowest BCUT2D eigenvalue weighted by Crippen LogP contribution is -2.08. The fourth-order valence-corrected chi connectivity index (χ4v) is 3.02. The fraction of sp³-hybridized carbons (Fsp3) is 0.217. The smallest absolute Gasteiger partial charge is 0.222 e. The quantitative estimate of drug-likeness (QED) is 0.624. The molecular formula is C23H24N2O5. The molecule has 7 nitrogen and oxygen atoms in total. The number of aromatic nitrogens is 1. The van der Waals surface area contributed by atoms with Gasteiger partial charge in [-0.2, -0.15) is 0 Å². The Balaban J connectivity index is 2.20. The predicted octanol–water partition coefficient (Wildman–Crippen LogP) is 4.41. The van der Waals surface area contributed by atoms with E-state index in [4.69, 9.17) is 18.9 Å². The number of methoxy groups -OCH3 is 4. The number of rotatable bonds is 7. The van der Waals surface area contributed by atoms with E-state index >= 15 is 0 Å². The van der Waals surface area contributed by atoms with Gasteiger partial charge in [0.25, 0.3) is 0 Å². The van der Waals surface area contributed by atoms with Crippen LogP contribution in [0.5, 0.6) is 23.0 Å². The summed E-state index contributed by atoms with van der Waals surface area (Å²) in [5.41, 5.74) is 3.13. The number of carbonyl (C=O) groups is 1. The molecule has 0 atom stereocenters. The van der Waals surface area contributed by atoms with E-state index in [1.807, 2.05) is 30.3 Å². The Labute approximate surface area is 175 Å². The van der Waals surface area contributed by atoms with Crippen LogP contribution in [0.25, 0.3) is 22.4 Å². The maximum absolute atomic E-state index is 11.7. The molecule has 0 aliphatic heterocycles. The molecule has 0 saturated carbocycles. The number of ether oxygens (including phenoxy) is 4. The molecule has 30 heavy (non-hydrogen) atoms. The first-order valence-electron chi connectivity index (χ1n) is 9.22. The van der Waals surface area contributed by atoms with E-state index in [0.717, 1.165) is 16.7 Å². The van der Waals surface area contributed by atoms with E-state index in [1.54, 1.807) is 46.6 Å². The Bertz CT molecular complexity index is 947. The van der Waals surface area contributed by atoms with Crippen molar-refractivity contribution in [3.05, 3.63) is 48.5 Å². The molecule has 1 N–H and O–H groups in total. The summed E-state index contributed by atoms with van der Waals surface area (Å²) in [6, 6.07) is 14.8. The van der Waals surface area contributed by atoms with Crippen LogP contribution < -0.4 is 24.3 Å². The Kier molecular flexibility index (Phi) is 6.41.